The number of benzene rings is 2. The summed E-state index contributed by atoms with van der Waals surface area (Å²) in [6, 6.07) is 17.4. The third kappa shape index (κ3) is 5.82. The summed E-state index contributed by atoms with van der Waals surface area (Å²) in [4.78, 5) is 38.5. The Hall–Kier alpha value is -2.22. The van der Waals surface area contributed by atoms with Crippen LogP contribution in [-0.2, 0) is 9.59 Å². The summed E-state index contributed by atoms with van der Waals surface area (Å²) in [6.07, 6.45) is 15.5. The molecule has 4 fully saturated rings. The Kier molecular flexibility index (Phi) is 10.7. The molecule has 0 heterocycles. The number of carbonyl (C=O) groups is 2. The van der Waals surface area contributed by atoms with E-state index in [1.54, 1.807) is 12.1 Å². The molecular formula is C48H61O4U-. The molecule has 0 aliphatic heterocycles. The molecule has 2 aromatic rings. The molecule has 4 saturated carbocycles. The van der Waals surface area contributed by atoms with Crippen molar-refractivity contribution in [1.82, 2.24) is 0 Å². The molecule has 0 aromatic heterocycles. The molecule has 0 radical (unpaired) electrons. The standard InChI is InChI=1S/C48H61O4.U/c1-31(2)36-20-27-48(40(50)19-18-35(30-49)32-12-10-9-11-13-32)29-28-47(8)45(6)25-22-38-43(3,4)37(33-14-16-34(17-15-33)42(51)52)21-24-44(38,5)39(45)23-26-46(47,7)41(36)48;/h9-17,21,35-36,38-39,41H,1,18-20,22-29H2,2-8H3,(H,51,52);/q-1;/t35-,36+,38+,39-,41-,44+,45-,46-,47+,48-;/m1./s1. The maximum Gasteiger partial charge on any atom is 0.335 e. The first-order chi connectivity index (χ1) is 24.5. The molecular weight excluding hydrogens is 879 g/mol. The number of fused-ring (bicyclic) bond motifs is 7. The van der Waals surface area contributed by atoms with E-state index in [1.165, 1.54) is 30.4 Å². The number of hydrogen-bond acceptors (Lipinski definition) is 3. The van der Waals surface area contributed by atoms with Gasteiger partial charge in [0, 0.05) is 42.9 Å². The van der Waals surface area contributed by atoms with Crippen LogP contribution in [0.25, 0.3) is 5.57 Å². The van der Waals surface area contributed by atoms with Gasteiger partial charge in [-0.15, -0.1) is 5.92 Å². The Morgan fingerprint density at radius 3 is 2.11 bits per heavy atom. The first kappa shape index (κ1) is 40.4. The summed E-state index contributed by atoms with van der Waals surface area (Å²) in [7, 11) is 0. The summed E-state index contributed by atoms with van der Waals surface area (Å²) in [5.41, 5.74) is 5.00. The predicted molar refractivity (Wildman–Crippen MR) is 209 cm³/mol. The minimum Gasteiger partial charge on any atom is -0.541 e. The number of carbonyl (C=O) groups excluding carboxylic acids is 2. The molecule has 4 nitrogen and oxygen atoms in total. The van der Waals surface area contributed by atoms with Crippen molar-refractivity contribution in [3.8, 4) is 0 Å². The molecule has 1 N–H and O–H groups in total. The average molecular weight is 940 g/mol. The van der Waals surface area contributed by atoms with Gasteiger partial charge in [-0.05, 0) is 139 Å². The van der Waals surface area contributed by atoms with Gasteiger partial charge in [-0.1, -0.05) is 114 Å². The number of hydrogen-bond donors (Lipinski definition) is 1. The largest absolute Gasteiger partial charge is 0.541 e. The number of allylic oxidation sites excluding steroid dienone is 3. The summed E-state index contributed by atoms with van der Waals surface area (Å²) >= 11 is 0. The Balaban J connectivity index is 0.00000481. The summed E-state index contributed by atoms with van der Waals surface area (Å²) in [6.45, 7) is 22.1. The van der Waals surface area contributed by atoms with Crippen molar-refractivity contribution in [2.24, 2.45) is 56.2 Å². The summed E-state index contributed by atoms with van der Waals surface area (Å²) in [5, 5.41) is 9.51. The van der Waals surface area contributed by atoms with E-state index in [0.29, 0.717) is 41.9 Å². The number of carboxylic acid groups (broad SMARTS) is 1. The second-order valence-electron chi connectivity index (χ2n) is 19.4. The average Bonchev–Trinajstić information content (AvgIpc) is 3.53. The number of aromatic carboxylic acids is 1. The minimum atomic E-state index is -0.884. The maximum atomic E-state index is 14.8. The van der Waals surface area contributed by atoms with Gasteiger partial charge >= 0.3 is 5.97 Å². The van der Waals surface area contributed by atoms with Crippen LogP contribution in [-0.4, -0.2) is 23.1 Å². The monoisotopic (exact) mass is 940 g/mol. The van der Waals surface area contributed by atoms with E-state index in [0.717, 1.165) is 49.7 Å². The molecule has 0 bridgehead atoms. The van der Waals surface area contributed by atoms with Gasteiger partial charge in [0.15, 0.2) is 0 Å². The summed E-state index contributed by atoms with van der Waals surface area (Å²) < 4.78 is 0. The summed E-state index contributed by atoms with van der Waals surface area (Å²) in [5.74, 6) is 0.839. The molecule has 282 valence electrons. The number of Topliss-reactive ketones (excluding diaryl/α,β-unsaturated/α-hetero) is 1. The third-order valence-electron chi connectivity index (χ3n) is 17.4. The van der Waals surface area contributed by atoms with Crippen LogP contribution in [0.4, 0.5) is 0 Å². The molecule has 0 amide bonds. The van der Waals surface area contributed by atoms with E-state index >= 15 is 0 Å². The van der Waals surface area contributed by atoms with Gasteiger partial charge in [-0.25, -0.2) is 4.79 Å². The Bertz CT molecular complexity index is 1790. The second-order valence-corrected chi connectivity index (χ2v) is 19.4. The van der Waals surface area contributed by atoms with Crippen molar-refractivity contribution >= 4 is 23.6 Å². The van der Waals surface area contributed by atoms with Crippen LogP contribution in [0, 0.1) is 87.3 Å². The van der Waals surface area contributed by atoms with Gasteiger partial charge in [0.05, 0.1) is 5.56 Å². The topological polar surface area (TPSA) is 71.4 Å². The van der Waals surface area contributed by atoms with Gasteiger partial charge in [0.2, 0.25) is 0 Å². The van der Waals surface area contributed by atoms with Gasteiger partial charge in [0.25, 0.3) is 0 Å². The smallest absolute Gasteiger partial charge is 0.335 e. The van der Waals surface area contributed by atoms with Crippen molar-refractivity contribution in [1.29, 1.82) is 0 Å². The fourth-order valence-corrected chi connectivity index (χ4v) is 14.6. The zero-order valence-electron chi connectivity index (χ0n) is 33.3. The van der Waals surface area contributed by atoms with Gasteiger partial charge in [-0.3, -0.25) is 11.1 Å². The molecule has 2 aromatic carbocycles. The Morgan fingerprint density at radius 1 is 0.849 bits per heavy atom. The molecule has 5 aliphatic rings. The fourth-order valence-electron chi connectivity index (χ4n) is 14.6. The zero-order valence-corrected chi connectivity index (χ0v) is 37.5. The van der Waals surface area contributed by atoms with Crippen molar-refractivity contribution < 1.29 is 50.6 Å². The van der Waals surface area contributed by atoms with Crippen LogP contribution in [0.1, 0.15) is 146 Å². The zero-order chi connectivity index (χ0) is 37.5. The number of rotatable bonds is 9. The maximum absolute atomic E-state index is 14.8. The van der Waals surface area contributed by atoms with Crippen molar-refractivity contribution in [2.45, 2.75) is 125 Å². The van der Waals surface area contributed by atoms with E-state index in [-0.39, 0.29) is 75.4 Å². The van der Waals surface area contributed by atoms with Crippen LogP contribution in [0.3, 0.4) is 0 Å². The fraction of sp³-hybridized carbons (Fsp3) is 0.604. The van der Waals surface area contributed by atoms with Crippen molar-refractivity contribution in [3.05, 3.63) is 89.5 Å². The van der Waals surface area contributed by atoms with E-state index in [1.807, 2.05) is 42.5 Å². The number of ketones is 1. The van der Waals surface area contributed by atoms with Crippen LogP contribution in [0.15, 0.2) is 72.8 Å². The molecule has 5 heteroatoms. The van der Waals surface area contributed by atoms with Gasteiger partial charge in [-0.2, -0.15) is 0 Å². The van der Waals surface area contributed by atoms with Crippen LogP contribution < -0.4 is 0 Å². The normalized spacial score (nSPS) is 38.7. The van der Waals surface area contributed by atoms with Crippen LogP contribution in [0.2, 0.25) is 0 Å². The Labute approximate surface area is 342 Å². The number of carboxylic acids is 1. The molecule has 7 rings (SSSR count). The minimum absolute atomic E-state index is 0. The molecule has 10 atom stereocenters. The molecule has 5 aliphatic carbocycles. The van der Waals surface area contributed by atoms with Gasteiger partial charge in [0.1, 0.15) is 5.78 Å². The van der Waals surface area contributed by atoms with Crippen LogP contribution >= 0.6 is 0 Å². The molecule has 53 heavy (non-hydrogen) atoms. The quantitative estimate of drug-likeness (QED) is 0.201. The van der Waals surface area contributed by atoms with Crippen molar-refractivity contribution in [3.63, 3.8) is 0 Å². The predicted octanol–water partition coefficient (Wildman–Crippen LogP) is 11.7. The van der Waals surface area contributed by atoms with Crippen LogP contribution in [0.5, 0.6) is 0 Å². The van der Waals surface area contributed by atoms with E-state index < -0.39 is 5.97 Å². The van der Waals surface area contributed by atoms with Crippen molar-refractivity contribution in [2.75, 3.05) is 0 Å². The van der Waals surface area contributed by atoms with E-state index in [4.69, 9.17) is 0 Å². The third-order valence-corrected chi connectivity index (χ3v) is 17.4. The van der Waals surface area contributed by atoms with Gasteiger partial charge < -0.3 is 9.90 Å². The molecule has 0 unspecified atom stereocenters. The second kappa shape index (κ2) is 14.1. The first-order valence-corrected chi connectivity index (χ1v) is 20.2. The molecule has 0 spiro atoms. The Morgan fingerprint density at radius 2 is 1.49 bits per heavy atom. The van der Waals surface area contributed by atoms with E-state index in [2.05, 4.69) is 67.4 Å². The molecule has 0 saturated heterocycles. The SMILES string of the molecule is C=C(C)[C@@H]1CC[C@]2(C(=O)CC[C@H]([C-]=O)c3ccccc3)CC[C@@]3(C)[C@]4(C)CC[C@H]5C(C)(C)C(c6ccc(C(=O)O)cc6)=CC[C@]5(C)[C@H]4CC[C@]3(C)[C@@H]12.[U]. The first-order valence-electron chi connectivity index (χ1n) is 20.2. The van der Waals surface area contributed by atoms with E-state index in [9.17, 15) is 19.5 Å².